The zero-order valence-corrected chi connectivity index (χ0v) is 17.0. The number of methoxy groups -OCH3 is 2. The summed E-state index contributed by atoms with van der Waals surface area (Å²) in [5, 5.41) is 17.2. The van der Waals surface area contributed by atoms with Crippen LogP contribution in [0.3, 0.4) is 0 Å². The van der Waals surface area contributed by atoms with Gasteiger partial charge in [-0.2, -0.15) is 0 Å². The van der Waals surface area contributed by atoms with E-state index in [4.69, 9.17) is 9.47 Å². The Balaban J connectivity index is 1.43. The lowest BCUT2D eigenvalue weighted by Crippen LogP contribution is -2.39. The summed E-state index contributed by atoms with van der Waals surface area (Å²) in [5.41, 5.74) is 1.13. The number of carbonyl (C=O) groups excluding carboxylic acids is 1. The first kappa shape index (κ1) is 20.7. The number of carbonyl (C=O) groups is 1. The number of benzene rings is 1. The molecule has 1 aromatic carbocycles. The van der Waals surface area contributed by atoms with Crippen molar-refractivity contribution >= 4 is 17.7 Å². The molecule has 1 fully saturated rings. The van der Waals surface area contributed by atoms with Gasteiger partial charge >= 0.3 is 6.03 Å². The Morgan fingerprint density at radius 1 is 1.00 bits per heavy atom. The molecule has 1 saturated carbocycles. The molecule has 2 amide bonds. The van der Waals surface area contributed by atoms with E-state index >= 15 is 0 Å². The highest BCUT2D eigenvalue weighted by atomic mass is 16.5. The lowest BCUT2D eigenvalue weighted by atomic mass is 9.96. The molecule has 0 unspecified atom stereocenters. The van der Waals surface area contributed by atoms with Crippen molar-refractivity contribution in [2.45, 2.75) is 44.6 Å². The molecule has 8 heteroatoms. The third kappa shape index (κ3) is 6.23. The largest absolute Gasteiger partial charge is 0.493 e. The number of anilines is 2. The minimum absolute atomic E-state index is 0.222. The van der Waals surface area contributed by atoms with Gasteiger partial charge in [-0.3, -0.25) is 5.32 Å². The number of hydrogen-bond acceptors (Lipinski definition) is 6. The van der Waals surface area contributed by atoms with Gasteiger partial charge in [0.15, 0.2) is 17.3 Å². The molecule has 0 radical (unpaired) electrons. The third-order valence-corrected chi connectivity index (χ3v) is 5.01. The van der Waals surface area contributed by atoms with E-state index in [9.17, 15) is 4.79 Å². The van der Waals surface area contributed by atoms with Gasteiger partial charge in [-0.15, -0.1) is 10.2 Å². The number of ether oxygens (including phenoxy) is 2. The first-order valence-corrected chi connectivity index (χ1v) is 10.0. The Morgan fingerprint density at radius 2 is 1.72 bits per heavy atom. The first-order valence-electron chi connectivity index (χ1n) is 10.0. The minimum Gasteiger partial charge on any atom is -0.493 e. The van der Waals surface area contributed by atoms with Crippen molar-refractivity contribution < 1.29 is 14.3 Å². The van der Waals surface area contributed by atoms with Crippen molar-refractivity contribution in [3.8, 4) is 11.5 Å². The molecule has 29 heavy (non-hydrogen) atoms. The monoisotopic (exact) mass is 399 g/mol. The normalized spacial score (nSPS) is 14.1. The van der Waals surface area contributed by atoms with Gasteiger partial charge in [-0.1, -0.05) is 25.3 Å². The van der Waals surface area contributed by atoms with Crippen LogP contribution in [-0.2, 0) is 6.42 Å². The Kier molecular flexibility index (Phi) is 7.49. The zero-order valence-electron chi connectivity index (χ0n) is 17.0. The van der Waals surface area contributed by atoms with E-state index in [1.165, 1.54) is 19.3 Å². The van der Waals surface area contributed by atoms with Crippen LogP contribution in [0.5, 0.6) is 11.5 Å². The molecule has 1 aromatic heterocycles. The van der Waals surface area contributed by atoms with Crippen LogP contribution in [-0.4, -0.2) is 43.0 Å². The predicted molar refractivity (Wildman–Crippen MR) is 113 cm³/mol. The van der Waals surface area contributed by atoms with E-state index in [2.05, 4.69) is 26.1 Å². The van der Waals surface area contributed by atoms with Crippen LogP contribution in [0, 0.1) is 0 Å². The molecule has 1 heterocycles. The molecule has 0 aliphatic heterocycles. The third-order valence-electron chi connectivity index (χ3n) is 5.01. The maximum atomic E-state index is 12.1. The van der Waals surface area contributed by atoms with E-state index < -0.39 is 0 Å². The van der Waals surface area contributed by atoms with E-state index in [1.54, 1.807) is 26.4 Å². The molecule has 2 aromatic rings. The summed E-state index contributed by atoms with van der Waals surface area (Å²) in [5.74, 6) is 2.52. The van der Waals surface area contributed by atoms with E-state index in [1.807, 2.05) is 18.2 Å². The molecule has 0 atom stereocenters. The second-order valence-electron chi connectivity index (χ2n) is 7.10. The highest BCUT2D eigenvalue weighted by Gasteiger charge is 2.15. The summed E-state index contributed by atoms with van der Waals surface area (Å²) in [6.45, 7) is 0.694. The number of nitrogens with one attached hydrogen (secondary N) is 3. The van der Waals surface area contributed by atoms with Gasteiger partial charge in [0.2, 0.25) is 0 Å². The fraction of sp³-hybridized carbons (Fsp3) is 0.476. The van der Waals surface area contributed by atoms with Crippen molar-refractivity contribution in [2.75, 3.05) is 31.4 Å². The van der Waals surface area contributed by atoms with Crippen LogP contribution in [0.4, 0.5) is 16.4 Å². The minimum atomic E-state index is -0.222. The van der Waals surface area contributed by atoms with Crippen LogP contribution < -0.4 is 25.4 Å². The summed E-state index contributed by atoms with van der Waals surface area (Å²) < 4.78 is 10.6. The molecule has 1 aliphatic rings. The van der Waals surface area contributed by atoms with Gasteiger partial charge in [0.1, 0.15) is 5.82 Å². The Labute approximate surface area is 171 Å². The average molecular weight is 399 g/mol. The summed E-state index contributed by atoms with van der Waals surface area (Å²) in [7, 11) is 3.25. The second kappa shape index (κ2) is 10.5. The lowest BCUT2D eigenvalue weighted by Gasteiger charge is -2.22. The Morgan fingerprint density at radius 3 is 2.41 bits per heavy atom. The lowest BCUT2D eigenvalue weighted by molar-refractivity contribution is 0.244. The number of amides is 2. The van der Waals surface area contributed by atoms with Gasteiger partial charge in [0.05, 0.1) is 14.2 Å². The molecular weight excluding hydrogens is 370 g/mol. The van der Waals surface area contributed by atoms with E-state index in [0.717, 1.165) is 24.8 Å². The standard InChI is InChI=1S/C21H29N5O3/c1-28-17-9-8-15(14-18(17)29-2)12-13-22-19-10-11-20(26-25-19)24-21(27)23-16-6-4-3-5-7-16/h8-11,14,16H,3-7,12-13H2,1-2H3,(H,22,25)(H2,23,24,26,27). The van der Waals surface area contributed by atoms with Gasteiger partial charge in [-0.05, 0) is 49.1 Å². The number of aromatic nitrogens is 2. The van der Waals surface area contributed by atoms with Crippen molar-refractivity contribution in [1.29, 1.82) is 0 Å². The number of nitrogens with zero attached hydrogens (tertiary/aromatic N) is 2. The average Bonchev–Trinajstić information content (AvgIpc) is 2.75. The predicted octanol–water partition coefficient (Wildman–Crippen LogP) is 3.60. The SMILES string of the molecule is COc1ccc(CCNc2ccc(NC(=O)NC3CCCCC3)nn2)cc1OC. The molecule has 8 nitrogen and oxygen atoms in total. The highest BCUT2D eigenvalue weighted by molar-refractivity contribution is 5.88. The number of rotatable bonds is 8. The first-order chi connectivity index (χ1) is 14.2. The molecular formula is C21H29N5O3. The van der Waals surface area contributed by atoms with Gasteiger partial charge in [0.25, 0.3) is 0 Å². The summed E-state index contributed by atoms with van der Waals surface area (Å²) in [6.07, 6.45) is 6.49. The summed E-state index contributed by atoms with van der Waals surface area (Å²) in [6, 6.07) is 9.45. The molecule has 3 N–H and O–H groups in total. The molecule has 156 valence electrons. The van der Waals surface area contributed by atoms with Crippen LogP contribution in [0.15, 0.2) is 30.3 Å². The quantitative estimate of drug-likeness (QED) is 0.627. The topological polar surface area (TPSA) is 97.4 Å². The Bertz CT molecular complexity index is 791. The molecule has 0 bridgehead atoms. The van der Waals surface area contributed by atoms with Crippen molar-refractivity contribution in [1.82, 2.24) is 15.5 Å². The molecule has 0 saturated heterocycles. The van der Waals surface area contributed by atoms with E-state index in [-0.39, 0.29) is 12.1 Å². The second-order valence-corrected chi connectivity index (χ2v) is 7.10. The fourth-order valence-electron chi connectivity index (χ4n) is 3.45. The smallest absolute Gasteiger partial charge is 0.320 e. The molecule has 1 aliphatic carbocycles. The van der Waals surface area contributed by atoms with Gasteiger partial charge in [-0.25, -0.2) is 4.79 Å². The van der Waals surface area contributed by atoms with E-state index in [0.29, 0.717) is 29.7 Å². The number of hydrogen-bond donors (Lipinski definition) is 3. The van der Waals surface area contributed by atoms with Crippen molar-refractivity contribution in [3.05, 3.63) is 35.9 Å². The van der Waals surface area contributed by atoms with Crippen molar-refractivity contribution in [2.24, 2.45) is 0 Å². The Hall–Kier alpha value is -3.03. The highest BCUT2D eigenvalue weighted by Crippen LogP contribution is 2.27. The zero-order chi connectivity index (χ0) is 20.5. The summed E-state index contributed by atoms with van der Waals surface area (Å²) in [4.78, 5) is 12.1. The van der Waals surface area contributed by atoms with Crippen LogP contribution >= 0.6 is 0 Å². The maximum absolute atomic E-state index is 12.1. The van der Waals surface area contributed by atoms with Gasteiger partial charge < -0.3 is 20.1 Å². The van der Waals surface area contributed by atoms with Crippen LogP contribution in [0.1, 0.15) is 37.7 Å². The molecule has 0 spiro atoms. The summed E-state index contributed by atoms with van der Waals surface area (Å²) >= 11 is 0. The van der Waals surface area contributed by atoms with Gasteiger partial charge in [0, 0.05) is 12.6 Å². The number of urea groups is 1. The molecule has 3 rings (SSSR count). The van der Waals surface area contributed by atoms with Crippen LogP contribution in [0.25, 0.3) is 0 Å². The van der Waals surface area contributed by atoms with Crippen molar-refractivity contribution in [3.63, 3.8) is 0 Å². The fourth-order valence-corrected chi connectivity index (χ4v) is 3.45. The maximum Gasteiger partial charge on any atom is 0.320 e. The van der Waals surface area contributed by atoms with Crippen LogP contribution in [0.2, 0.25) is 0 Å².